The summed E-state index contributed by atoms with van der Waals surface area (Å²) in [6.07, 6.45) is 1.89. The van der Waals surface area contributed by atoms with Crippen molar-refractivity contribution in [3.8, 4) is 0 Å². The topological polar surface area (TPSA) is 43.1 Å². The monoisotopic (exact) mass is 211 g/mol. The Labute approximate surface area is 87.7 Å². The molecular weight excluding hydrogens is 198 g/mol. The van der Waals surface area contributed by atoms with Crippen LogP contribution in [0.4, 0.5) is 0 Å². The van der Waals surface area contributed by atoms with Gasteiger partial charge in [0.05, 0.1) is 5.25 Å². The van der Waals surface area contributed by atoms with Gasteiger partial charge in [-0.15, -0.1) is 0 Å². The highest BCUT2D eigenvalue weighted by molar-refractivity contribution is 7.99. The molecule has 0 radical (unpaired) electrons. The van der Waals surface area contributed by atoms with E-state index >= 15 is 0 Å². The Bertz CT molecular complexity index is 302. The Morgan fingerprint density at radius 2 is 1.93 bits per heavy atom. The molecule has 3 nitrogen and oxygen atoms in total. The van der Waals surface area contributed by atoms with E-state index in [0.717, 1.165) is 5.56 Å². The minimum absolute atomic E-state index is 0.00704. The first kappa shape index (κ1) is 11.0. The summed E-state index contributed by atoms with van der Waals surface area (Å²) in [6.45, 7) is 1.88. The lowest BCUT2D eigenvalue weighted by Gasteiger charge is -2.14. The third-order valence-electron chi connectivity index (χ3n) is 2.18. The van der Waals surface area contributed by atoms with Crippen LogP contribution in [-0.2, 0) is 0 Å². The molecule has 14 heavy (non-hydrogen) atoms. The van der Waals surface area contributed by atoms with Crippen LogP contribution in [0.3, 0.4) is 0 Å². The Morgan fingerprint density at radius 3 is 2.36 bits per heavy atom. The highest BCUT2D eigenvalue weighted by Crippen LogP contribution is 2.27. The first-order valence-electron chi connectivity index (χ1n) is 4.38. The molecule has 1 aromatic carbocycles. The number of thioether (sulfide) groups is 1. The molecule has 76 valence electrons. The highest BCUT2D eigenvalue weighted by Gasteiger charge is 2.28. The molecule has 0 saturated heterocycles. The molecule has 1 rings (SSSR count). The summed E-state index contributed by atoms with van der Waals surface area (Å²) in [7, 11) is 0. The van der Waals surface area contributed by atoms with Gasteiger partial charge in [-0.3, -0.25) is 10.1 Å². The van der Waals surface area contributed by atoms with Crippen molar-refractivity contribution in [3.05, 3.63) is 46.0 Å². The van der Waals surface area contributed by atoms with Crippen LogP contribution < -0.4 is 0 Å². The van der Waals surface area contributed by atoms with Crippen molar-refractivity contribution in [2.45, 2.75) is 18.2 Å². The van der Waals surface area contributed by atoms with Crippen LogP contribution >= 0.6 is 11.8 Å². The van der Waals surface area contributed by atoms with Crippen LogP contribution in [0.5, 0.6) is 0 Å². The minimum atomic E-state index is -0.605. The summed E-state index contributed by atoms with van der Waals surface area (Å²) in [5.74, 6) is 0. The Hall–Kier alpha value is -1.03. The van der Waals surface area contributed by atoms with Crippen LogP contribution in [0.1, 0.15) is 18.5 Å². The van der Waals surface area contributed by atoms with Crippen LogP contribution in [0.15, 0.2) is 30.3 Å². The summed E-state index contributed by atoms with van der Waals surface area (Å²) in [4.78, 5) is 10.7. The average Bonchev–Trinajstić information content (AvgIpc) is 2.19. The van der Waals surface area contributed by atoms with Crippen LogP contribution in [0.2, 0.25) is 0 Å². The van der Waals surface area contributed by atoms with Crippen molar-refractivity contribution in [1.82, 2.24) is 0 Å². The summed E-state index contributed by atoms with van der Waals surface area (Å²) in [5.41, 5.74) is 0.777. The molecule has 0 heterocycles. The molecular formula is C10H13NO2S. The molecule has 0 saturated carbocycles. The fourth-order valence-corrected chi connectivity index (χ4v) is 1.86. The van der Waals surface area contributed by atoms with Gasteiger partial charge >= 0.3 is 0 Å². The number of benzene rings is 1. The van der Waals surface area contributed by atoms with Gasteiger partial charge < -0.3 is 0 Å². The molecule has 0 bridgehead atoms. The van der Waals surface area contributed by atoms with Crippen LogP contribution in [-0.4, -0.2) is 16.4 Å². The maximum Gasteiger partial charge on any atom is 0.249 e. The number of hydrogen-bond acceptors (Lipinski definition) is 3. The predicted molar refractivity (Wildman–Crippen MR) is 59.2 cm³/mol. The molecule has 2 atom stereocenters. The standard InChI is InChI=1S/C10H13NO2S/c1-8(14-2)10(11(12)13)9-6-4-3-5-7-9/h3-8,10H,1-2H3. The summed E-state index contributed by atoms with van der Waals surface area (Å²) in [6, 6.07) is 8.54. The van der Waals surface area contributed by atoms with Gasteiger partial charge in [0.15, 0.2) is 0 Å². The molecule has 0 amide bonds. The molecule has 2 unspecified atom stereocenters. The van der Waals surface area contributed by atoms with E-state index in [1.807, 2.05) is 31.4 Å². The van der Waals surface area contributed by atoms with Crippen molar-refractivity contribution in [3.63, 3.8) is 0 Å². The summed E-state index contributed by atoms with van der Waals surface area (Å²) < 4.78 is 0. The van der Waals surface area contributed by atoms with Crippen molar-refractivity contribution in [2.75, 3.05) is 6.26 Å². The Morgan fingerprint density at radius 1 is 1.36 bits per heavy atom. The second-order valence-corrected chi connectivity index (χ2v) is 4.30. The zero-order chi connectivity index (χ0) is 10.6. The molecule has 0 aliphatic carbocycles. The molecule has 0 aliphatic rings. The zero-order valence-corrected chi connectivity index (χ0v) is 9.03. The Kier molecular flexibility index (Phi) is 3.95. The summed E-state index contributed by atoms with van der Waals surface area (Å²) in [5, 5.41) is 10.9. The average molecular weight is 211 g/mol. The number of hydrogen-bond donors (Lipinski definition) is 0. The van der Waals surface area contributed by atoms with E-state index < -0.39 is 6.04 Å². The van der Waals surface area contributed by atoms with Gasteiger partial charge in [-0.2, -0.15) is 11.8 Å². The van der Waals surface area contributed by atoms with Gasteiger partial charge in [-0.25, -0.2) is 0 Å². The second-order valence-electron chi connectivity index (χ2n) is 3.08. The number of nitrogens with zero attached hydrogens (tertiary/aromatic N) is 1. The first-order valence-corrected chi connectivity index (χ1v) is 5.67. The molecule has 1 aromatic rings. The maximum absolute atomic E-state index is 10.9. The number of nitro groups is 1. The normalized spacial score (nSPS) is 14.7. The van der Waals surface area contributed by atoms with E-state index in [1.54, 1.807) is 12.1 Å². The van der Waals surface area contributed by atoms with Gasteiger partial charge in [-0.05, 0) is 13.2 Å². The van der Waals surface area contributed by atoms with Crippen LogP contribution in [0.25, 0.3) is 0 Å². The SMILES string of the molecule is CSC(C)C(c1ccccc1)[N+](=O)[O-]. The largest absolute Gasteiger partial charge is 0.264 e. The fraction of sp³-hybridized carbons (Fsp3) is 0.400. The summed E-state index contributed by atoms with van der Waals surface area (Å²) >= 11 is 1.51. The molecule has 0 fully saturated rings. The van der Waals surface area contributed by atoms with E-state index in [-0.39, 0.29) is 10.2 Å². The fourth-order valence-electron chi connectivity index (χ4n) is 1.34. The van der Waals surface area contributed by atoms with Crippen molar-refractivity contribution in [2.24, 2.45) is 0 Å². The molecule has 4 heteroatoms. The molecule has 0 aliphatic heterocycles. The van der Waals surface area contributed by atoms with Gasteiger partial charge in [0.25, 0.3) is 0 Å². The van der Waals surface area contributed by atoms with Gasteiger partial charge in [-0.1, -0.05) is 30.3 Å². The highest BCUT2D eigenvalue weighted by atomic mass is 32.2. The smallest absolute Gasteiger partial charge is 0.249 e. The predicted octanol–water partition coefficient (Wildman–Crippen LogP) is 2.76. The van der Waals surface area contributed by atoms with Gasteiger partial charge in [0.2, 0.25) is 6.04 Å². The lowest BCUT2D eigenvalue weighted by molar-refractivity contribution is -0.527. The van der Waals surface area contributed by atoms with Crippen molar-refractivity contribution >= 4 is 11.8 Å². The van der Waals surface area contributed by atoms with E-state index in [9.17, 15) is 10.1 Å². The lowest BCUT2D eigenvalue weighted by atomic mass is 10.1. The minimum Gasteiger partial charge on any atom is -0.264 e. The quantitative estimate of drug-likeness (QED) is 0.568. The third kappa shape index (κ3) is 2.48. The second kappa shape index (κ2) is 5.00. The molecule has 0 spiro atoms. The van der Waals surface area contributed by atoms with Crippen molar-refractivity contribution in [1.29, 1.82) is 0 Å². The first-order chi connectivity index (χ1) is 6.66. The van der Waals surface area contributed by atoms with E-state index in [4.69, 9.17) is 0 Å². The number of rotatable bonds is 4. The van der Waals surface area contributed by atoms with Crippen LogP contribution in [0, 0.1) is 10.1 Å². The van der Waals surface area contributed by atoms with E-state index in [2.05, 4.69) is 0 Å². The molecule has 0 aromatic heterocycles. The molecule has 0 N–H and O–H groups in total. The Balaban J connectivity index is 2.95. The van der Waals surface area contributed by atoms with Gasteiger partial charge in [0, 0.05) is 10.5 Å². The zero-order valence-electron chi connectivity index (χ0n) is 8.21. The van der Waals surface area contributed by atoms with Crippen molar-refractivity contribution < 1.29 is 4.92 Å². The van der Waals surface area contributed by atoms with E-state index in [0.29, 0.717) is 0 Å². The maximum atomic E-state index is 10.9. The van der Waals surface area contributed by atoms with Gasteiger partial charge in [0.1, 0.15) is 0 Å². The lowest BCUT2D eigenvalue weighted by Crippen LogP contribution is -2.20. The third-order valence-corrected chi connectivity index (χ3v) is 3.19. The van der Waals surface area contributed by atoms with E-state index in [1.165, 1.54) is 11.8 Å².